The van der Waals surface area contributed by atoms with E-state index in [1.165, 1.54) is 17.8 Å². The van der Waals surface area contributed by atoms with Gasteiger partial charge in [-0.2, -0.15) is 0 Å². The number of aryl methyl sites for hydroxylation is 1. The smallest absolute Gasteiger partial charge is 0.252 e. The Balaban J connectivity index is 1.68. The zero-order valence-electron chi connectivity index (χ0n) is 15.3. The van der Waals surface area contributed by atoms with E-state index >= 15 is 0 Å². The lowest BCUT2D eigenvalue weighted by Gasteiger charge is -2.08. The molecule has 0 radical (unpaired) electrons. The SMILES string of the molecule is COc1ccc(-c2cc(=O)[nH]c(SCC(=O)Nc3ccc(Br)c(C)c3)n2)cc1. The van der Waals surface area contributed by atoms with E-state index in [4.69, 9.17) is 4.74 Å². The third-order valence-electron chi connectivity index (χ3n) is 3.89. The van der Waals surface area contributed by atoms with E-state index in [9.17, 15) is 9.59 Å². The molecule has 3 aromatic rings. The van der Waals surface area contributed by atoms with E-state index in [0.717, 1.165) is 27.0 Å². The first-order valence-corrected chi connectivity index (χ1v) is 10.2. The van der Waals surface area contributed by atoms with Gasteiger partial charge in [0, 0.05) is 21.8 Å². The van der Waals surface area contributed by atoms with Gasteiger partial charge in [-0.25, -0.2) is 4.98 Å². The van der Waals surface area contributed by atoms with Gasteiger partial charge < -0.3 is 15.0 Å². The highest BCUT2D eigenvalue weighted by Crippen LogP contribution is 2.23. The molecule has 0 spiro atoms. The molecular formula is C20H18BrN3O3S. The number of benzene rings is 2. The van der Waals surface area contributed by atoms with Crippen LogP contribution in [0.2, 0.25) is 0 Å². The predicted molar refractivity (Wildman–Crippen MR) is 115 cm³/mol. The molecule has 0 aliphatic carbocycles. The molecule has 0 unspecified atom stereocenters. The predicted octanol–water partition coefficient (Wildman–Crippen LogP) is 4.25. The van der Waals surface area contributed by atoms with Crippen molar-refractivity contribution in [2.75, 3.05) is 18.2 Å². The highest BCUT2D eigenvalue weighted by Gasteiger charge is 2.09. The number of carbonyl (C=O) groups is 1. The molecule has 2 N–H and O–H groups in total. The van der Waals surface area contributed by atoms with Gasteiger partial charge in [-0.05, 0) is 55.0 Å². The second kappa shape index (κ2) is 9.07. The molecule has 0 saturated carbocycles. The van der Waals surface area contributed by atoms with Gasteiger partial charge in [0.05, 0.1) is 18.6 Å². The van der Waals surface area contributed by atoms with Crippen molar-refractivity contribution in [1.82, 2.24) is 9.97 Å². The summed E-state index contributed by atoms with van der Waals surface area (Å²) in [6.45, 7) is 1.95. The number of thioether (sulfide) groups is 1. The van der Waals surface area contributed by atoms with Crippen LogP contribution in [0.15, 0.2) is 63.0 Å². The summed E-state index contributed by atoms with van der Waals surface area (Å²) in [5.74, 6) is 0.677. The summed E-state index contributed by atoms with van der Waals surface area (Å²) in [6, 6.07) is 14.3. The average molecular weight is 460 g/mol. The zero-order chi connectivity index (χ0) is 20.1. The Bertz CT molecular complexity index is 1050. The molecule has 0 atom stereocenters. The quantitative estimate of drug-likeness (QED) is 0.425. The maximum Gasteiger partial charge on any atom is 0.252 e. The van der Waals surface area contributed by atoms with Gasteiger partial charge in [-0.3, -0.25) is 9.59 Å². The molecule has 6 nitrogen and oxygen atoms in total. The fourth-order valence-corrected chi connectivity index (χ4v) is 3.39. The third kappa shape index (κ3) is 5.24. The summed E-state index contributed by atoms with van der Waals surface area (Å²) in [5.41, 5.74) is 2.82. The molecule has 144 valence electrons. The van der Waals surface area contributed by atoms with E-state index in [2.05, 4.69) is 31.2 Å². The van der Waals surface area contributed by atoms with Crippen LogP contribution in [0.5, 0.6) is 5.75 Å². The second-order valence-corrected chi connectivity index (χ2v) is 7.78. The molecule has 0 saturated heterocycles. The number of hydrogen-bond acceptors (Lipinski definition) is 5. The van der Waals surface area contributed by atoms with E-state index in [1.54, 1.807) is 19.2 Å². The van der Waals surface area contributed by atoms with Gasteiger partial charge in [0.2, 0.25) is 5.91 Å². The Morgan fingerprint density at radius 1 is 1.21 bits per heavy atom. The van der Waals surface area contributed by atoms with E-state index in [1.807, 2.05) is 37.3 Å². The van der Waals surface area contributed by atoms with Crippen molar-refractivity contribution in [2.24, 2.45) is 0 Å². The van der Waals surface area contributed by atoms with Crippen molar-refractivity contribution in [1.29, 1.82) is 0 Å². The van der Waals surface area contributed by atoms with Gasteiger partial charge in [-0.1, -0.05) is 27.7 Å². The summed E-state index contributed by atoms with van der Waals surface area (Å²) < 4.78 is 6.12. The van der Waals surface area contributed by atoms with Gasteiger partial charge >= 0.3 is 0 Å². The first-order valence-electron chi connectivity index (χ1n) is 8.39. The minimum atomic E-state index is -0.271. The Morgan fingerprint density at radius 3 is 2.64 bits per heavy atom. The summed E-state index contributed by atoms with van der Waals surface area (Å²) >= 11 is 4.60. The van der Waals surface area contributed by atoms with Gasteiger partial charge in [0.25, 0.3) is 5.56 Å². The number of carbonyl (C=O) groups excluding carboxylic acids is 1. The number of hydrogen-bond donors (Lipinski definition) is 2. The number of ether oxygens (including phenoxy) is 1. The topological polar surface area (TPSA) is 84.1 Å². The van der Waals surface area contributed by atoms with Crippen LogP contribution in [0.4, 0.5) is 5.69 Å². The third-order valence-corrected chi connectivity index (χ3v) is 5.65. The van der Waals surface area contributed by atoms with Crippen LogP contribution in [-0.4, -0.2) is 28.7 Å². The van der Waals surface area contributed by atoms with E-state index < -0.39 is 0 Å². The Hall–Kier alpha value is -2.58. The number of methoxy groups -OCH3 is 1. The fraction of sp³-hybridized carbons (Fsp3) is 0.150. The number of anilines is 1. The van der Waals surface area contributed by atoms with Crippen molar-refractivity contribution in [2.45, 2.75) is 12.1 Å². The molecule has 2 aromatic carbocycles. The number of amides is 1. The molecule has 0 bridgehead atoms. The number of aromatic amines is 1. The first-order chi connectivity index (χ1) is 13.4. The molecule has 1 aromatic heterocycles. The lowest BCUT2D eigenvalue weighted by Crippen LogP contribution is -2.15. The number of nitrogens with one attached hydrogen (secondary N) is 2. The van der Waals surface area contributed by atoms with Crippen molar-refractivity contribution < 1.29 is 9.53 Å². The molecule has 0 aliphatic heterocycles. The summed E-state index contributed by atoms with van der Waals surface area (Å²) in [7, 11) is 1.59. The lowest BCUT2D eigenvalue weighted by molar-refractivity contribution is -0.113. The maximum atomic E-state index is 12.2. The minimum absolute atomic E-state index is 0.129. The van der Waals surface area contributed by atoms with Crippen LogP contribution < -0.4 is 15.6 Å². The first kappa shape index (κ1) is 20.2. The van der Waals surface area contributed by atoms with Gasteiger partial charge in [0.15, 0.2) is 5.16 Å². The maximum absolute atomic E-state index is 12.2. The minimum Gasteiger partial charge on any atom is -0.497 e. The molecule has 28 heavy (non-hydrogen) atoms. The van der Waals surface area contributed by atoms with Crippen LogP contribution >= 0.6 is 27.7 Å². The Kier molecular flexibility index (Phi) is 6.53. The highest BCUT2D eigenvalue weighted by molar-refractivity contribution is 9.10. The second-order valence-electron chi connectivity index (χ2n) is 5.97. The van der Waals surface area contributed by atoms with Crippen molar-refractivity contribution in [3.05, 3.63) is 68.9 Å². The summed E-state index contributed by atoms with van der Waals surface area (Å²) in [4.78, 5) is 31.3. The van der Waals surface area contributed by atoms with Crippen LogP contribution in [0.1, 0.15) is 5.56 Å². The lowest BCUT2D eigenvalue weighted by atomic mass is 10.1. The highest BCUT2D eigenvalue weighted by atomic mass is 79.9. The summed E-state index contributed by atoms with van der Waals surface area (Å²) in [6.07, 6.45) is 0. The van der Waals surface area contributed by atoms with Crippen molar-refractivity contribution in [3.8, 4) is 17.0 Å². The largest absolute Gasteiger partial charge is 0.497 e. The molecule has 0 fully saturated rings. The number of rotatable bonds is 6. The van der Waals surface area contributed by atoms with Crippen molar-refractivity contribution in [3.63, 3.8) is 0 Å². The van der Waals surface area contributed by atoms with Gasteiger partial charge in [0.1, 0.15) is 5.75 Å². The van der Waals surface area contributed by atoms with E-state index in [-0.39, 0.29) is 17.2 Å². The standard InChI is InChI=1S/C20H18BrN3O3S/c1-12-9-14(5-8-16(12)21)22-19(26)11-28-20-23-17(10-18(25)24-20)13-3-6-15(27-2)7-4-13/h3-10H,11H2,1-2H3,(H,22,26)(H,23,24,25). The van der Waals surface area contributed by atoms with Gasteiger partial charge in [-0.15, -0.1) is 0 Å². The number of H-pyrrole nitrogens is 1. The molecule has 1 heterocycles. The zero-order valence-corrected chi connectivity index (χ0v) is 17.7. The van der Waals surface area contributed by atoms with Crippen LogP contribution in [0, 0.1) is 6.92 Å². The van der Waals surface area contributed by atoms with Crippen LogP contribution in [0.25, 0.3) is 11.3 Å². The number of nitrogens with zero attached hydrogens (tertiary/aromatic N) is 1. The normalized spacial score (nSPS) is 10.5. The molecule has 8 heteroatoms. The van der Waals surface area contributed by atoms with Crippen molar-refractivity contribution >= 4 is 39.3 Å². The number of aromatic nitrogens is 2. The molecule has 1 amide bonds. The average Bonchev–Trinajstić information content (AvgIpc) is 2.69. The Labute approximate surface area is 174 Å². The molecule has 3 rings (SSSR count). The monoisotopic (exact) mass is 459 g/mol. The van der Waals surface area contributed by atoms with E-state index in [0.29, 0.717) is 10.9 Å². The fourth-order valence-electron chi connectivity index (χ4n) is 2.47. The van der Waals surface area contributed by atoms with Crippen LogP contribution in [0.3, 0.4) is 0 Å². The summed E-state index contributed by atoms with van der Waals surface area (Å²) in [5, 5.41) is 3.23. The number of halogens is 1. The Morgan fingerprint density at radius 2 is 1.96 bits per heavy atom. The molecular weight excluding hydrogens is 442 g/mol. The molecule has 0 aliphatic rings. The van der Waals surface area contributed by atoms with Crippen LogP contribution in [-0.2, 0) is 4.79 Å².